The number of benzene rings is 2. The SMILES string of the molecule is CCOP(=O)(NCc1ccccc1)OC(C)(CC)c1ccccc1. The maximum Gasteiger partial charge on any atom is 0.406 e. The van der Waals surface area contributed by atoms with Crippen LogP contribution in [0.1, 0.15) is 38.3 Å². The molecule has 0 saturated heterocycles. The Bertz CT molecular complexity index is 663. The van der Waals surface area contributed by atoms with Crippen molar-refractivity contribution in [1.29, 1.82) is 0 Å². The van der Waals surface area contributed by atoms with Crippen LogP contribution in [0, 0.1) is 0 Å². The van der Waals surface area contributed by atoms with E-state index in [2.05, 4.69) is 5.09 Å². The average molecular weight is 347 g/mol. The monoisotopic (exact) mass is 347 g/mol. The van der Waals surface area contributed by atoms with Gasteiger partial charge in [0.05, 0.1) is 6.61 Å². The minimum Gasteiger partial charge on any atom is -0.297 e. The second-order valence-corrected chi connectivity index (χ2v) is 7.53. The predicted octanol–water partition coefficient (Wildman–Crippen LogP) is 5.26. The van der Waals surface area contributed by atoms with Crippen molar-refractivity contribution in [2.75, 3.05) is 6.61 Å². The van der Waals surface area contributed by atoms with E-state index in [0.29, 0.717) is 19.6 Å². The minimum absolute atomic E-state index is 0.313. The van der Waals surface area contributed by atoms with Gasteiger partial charge < -0.3 is 0 Å². The Morgan fingerprint density at radius 3 is 2.12 bits per heavy atom. The molecule has 2 aromatic rings. The van der Waals surface area contributed by atoms with E-state index < -0.39 is 13.3 Å². The van der Waals surface area contributed by atoms with Gasteiger partial charge in [-0.3, -0.25) is 9.05 Å². The zero-order chi connectivity index (χ0) is 17.5. The van der Waals surface area contributed by atoms with Gasteiger partial charge in [-0.05, 0) is 31.4 Å². The summed E-state index contributed by atoms with van der Waals surface area (Å²) in [6.45, 7) is 6.51. The topological polar surface area (TPSA) is 47.6 Å². The van der Waals surface area contributed by atoms with Gasteiger partial charge in [0.2, 0.25) is 0 Å². The van der Waals surface area contributed by atoms with Crippen molar-refractivity contribution in [1.82, 2.24) is 5.09 Å². The lowest BCUT2D eigenvalue weighted by Gasteiger charge is -2.33. The van der Waals surface area contributed by atoms with Crippen LogP contribution in [0.3, 0.4) is 0 Å². The summed E-state index contributed by atoms with van der Waals surface area (Å²) in [6.07, 6.45) is 0.682. The number of hydrogen-bond acceptors (Lipinski definition) is 3. The molecule has 0 radical (unpaired) electrons. The molecule has 5 heteroatoms. The van der Waals surface area contributed by atoms with Gasteiger partial charge in [0.1, 0.15) is 5.60 Å². The molecule has 0 aliphatic rings. The highest BCUT2D eigenvalue weighted by Crippen LogP contribution is 2.51. The van der Waals surface area contributed by atoms with Crippen LogP contribution in [0.2, 0.25) is 0 Å². The smallest absolute Gasteiger partial charge is 0.297 e. The lowest BCUT2D eigenvalue weighted by atomic mass is 9.94. The first-order chi connectivity index (χ1) is 11.5. The first-order valence-electron chi connectivity index (χ1n) is 8.31. The van der Waals surface area contributed by atoms with Crippen LogP contribution >= 0.6 is 7.75 Å². The fourth-order valence-corrected chi connectivity index (χ4v) is 4.13. The molecule has 0 aliphatic heterocycles. The van der Waals surface area contributed by atoms with Crippen LogP contribution in [0.4, 0.5) is 0 Å². The molecule has 0 aliphatic carbocycles. The van der Waals surface area contributed by atoms with Gasteiger partial charge in [0, 0.05) is 6.54 Å². The van der Waals surface area contributed by atoms with E-state index in [-0.39, 0.29) is 0 Å². The van der Waals surface area contributed by atoms with Crippen LogP contribution in [-0.4, -0.2) is 6.61 Å². The Balaban J connectivity index is 2.17. The van der Waals surface area contributed by atoms with Gasteiger partial charge in [-0.1, -0.05) is 67.6 Å². The molecule has 2 aromatic carbocycles. The second kappa shape index (κ2) is 8.59. The molecule has 24 heavy (non-hydrogen) atoms. The van der Waals surface area contributed by atoms with E-state index in [1.165, 1.54) is 0 Å². The van der Waals surface area contributed by atoms with E-state index in [0.717, 1.165) is 11.1 Å². The Hall–Kier alpha value is -1.45. The zero-order valence-electron chi connectivity index (χ0n) is 14.6. The van der Waals surface area contributed by atoms with Crippen molar-refractivity contribution >= 4 is 7.75 Å². The number of nitrogens with one attached hydrogen (secondary N) is 1. The zero-order valence-corrected chi connectivity index (χ0v) is 15.5. The Kier molecular flexibility index (Phi) is 6.76. The third-order valence-electron chi connectivity index (χ3n) is 4.00. The van der Waals surface area contributed by atoms with Gasteiger partial charge in [0.15, 0.2) is 0 Å². The maximum atomic E-state index is 13.2. The van der Waals surface area contributed by atoms with Crippen LogP contribution in [0.5, 0.6) is 0 Å². The summed E-state index contributed by atoms with van der Waals surface area (Å²) in [5.41, 5.74) is 1.32. The molecule has 0 fully saturated rings. The van der Waals surface area contributed by atoms with Crippen molar-refractivity contribution < 1.29 is 13.6 Å². The fraction of sp³-hybridized carbons (Fsp3) is 0.368. The minimum atomic E-state index is -3.44. The summed E-state index contributed by atoms with van der Waals surface area (Å²) in [4.78, 5) is 0. The molecule has 0 amide bonds. The van der Waals surface area contributed by atoms with Crippen molar-refractivity contribution in [3.8, 4) is 0 Å². The molecule has 2 unspecified atom stereocenters. The summed E-state index contributed by atoms with van der Waals surface area (Å²) < 4.78 is 24.7. The number of hydrogen-bond donors (Lipinski definition) is 1. The molecular formula is C19H26NO3P. The molecule has 130 valence electrons. The van der Waals surface area contributed by atoms with Crippen molar-refractivity contribution in [2.24, 2.45) is 0 Å². The molecule has 0 saturated carbocycles. The quantitative estimate of drug-likeness (QED) is 0.628. The van der Waals surface area contributed by atoms with Crippen molar-refractivity contribution in [3.63, 3.8) is 0 Å². The highest BCUT2D eigenvalue weighted by atomic mass is 31.2. The highest BCUT2D eigenvalue weighted by Gasteiger charge is 2.36. The predicted molar refractivity (Wildman–Crippen MR) is 97.7 cm³/mol. The van der Waals surface area contributed by atoms with Crippen LogP contribution in [-0.2, 0) is 25.8 Å². The molecule has 0 aromatic heterocycles. The molecule has 2 atom stereocenters. The lowest BCUT2D eigenvalue weighted by Crippen LogP contribution is -2.28. The molecule has 0 heterocycles. The third-order valence-corrected chi connectivity index (χ3v) is 5.79. The average Bonchev–Trinajstić information content (AvgIpc) is 2.62. The van der Waals surface area contributed by atoms with E-state index in [4.69, 9.17) is 9.05 Å². The first kappa shape index (κ1) is 18.9. The van der Waals surface area contributed by atoms with Crippen LogP contribution in [0.15, 0.2) is 60.7 Å². The van der Waals surface area contributed by atoms with Crippen molar-refractivity contribution in [2.45, 2.75) is 39.3 Å². The second-order valence-electron chi connectivity index (χ2n) is 5.78. The molecule has 2 rings (SSSR count). The molecule has 0 bridgehead atoms. The van der Waals surface area contributed by atoms with Crippen molar-refractivity contribution in [3.05, 3.63) is 71.8 Å². The number of rotatable bonds is 9. The van der Waals surface area contributed by atoms with Gasteiger partial charge in [-0.15, -0.1) is 0 Å². The maximum absolute atomic E-state index is 13.2. The lowest BCUT2D eigenvalue weighted by molar-refractivity contribution is 0.0527. The summed E-state index contributed by atoms with van der Waals surface area (Å²) in [7, 11) is -3.44. The van der Waals surface area contributed by atoms with Gasteiger partial charge >= 0.3 is 7.75 Å². The fourth-order valence-electron chi connectivity index (χ4n) is 2.44. The van der Waals surface area contributed by atoms with E-state index >= 15 is 0 Å². The summed E-state index contributed by atoms with van der Waals surface area (Å²) in [5.74, 6) is 0. The van der Waals surface area contributed by atoms with Gasteiger partial charge in [-0.2, -0.15) is 0 Å². The Labute approximate surface area is 144 Å². The third kappa shape index (κ3) is 5.02. The Morgan fingerprint density at radius 1 is 1.00 bits per heavy atom. The van der Waals surface area contributed by atoms with E-state index in [1.54, 1.807) is 0 Å². The summed E-state index contributed by atoms with van der Waals surface area (Å²) in [5, 5.41) is 2.98. The highest BCUT2D eigenvalue weighted by molar-refractivity contribution is 7.51. The first-order valence-corrected chi connectivity index (χ1v) is 9.85. The molecular weight excluding hydrogens is 321 g/mol. The normalized spacial score (nSPS) is 16.3. The molecule has 0 spiro atoms. The van der Waals surface area contributed by atoms with Crippen LogP contribution < -0.4 is 5.09 Å². The largest absolute Gasteiger partial charge is 0.406 e. The molecule has 4 nitrogen and oxygen atoms in total. The van der Waals surface area contributed by atoms with Crippen LogP contribution in [0.25, 0.3) is 0 Å². The van der Waals surface area contributed by atoms with Gasteiger partial charge in [-0.25, -0.2) is 9.65 Å². The summed E-state index contributed by atoms with van der Waals surface area (Å²) >= 11 is 0. The standard InChI is InChI=1S/C19H26NO3P/c1-4-19(3,18-14-10-7-11-15-18)23-24(21,22-5-2)20-16-17-12-8-6-9-13-17/h6-15H,4-5,16H2,1-3H3,(H,20,21). The summed E-state index contributed by atoms with van der Waals surface area (Å²) in [6, 6.07) is 19.6. The van der Waals surface area contributed by atoms with Gasteiger partial charge in [0.25, 0.3) is 0 Å². The van der Waals surface area contributed by atoms with E-state index in [1.807, 2.05) is 81.4 Å². The molecule has 1 N–H and O–H groups in total. The van der Waals surface area contributed by atoms with E-state index in [9.17, 15) is 4.57 Å². The Morgan fingerprint density at radius 2 is 1.58 bits per heavy atom.